The lowest BCUT2D eigenvalue weighted by Crippen LogP contribution is -2.06. The number of anilines is 1. The van der Waals surface area contributed by atoms with Crippen LogP contribution in [0.25, 0.3) is 5.57 Å². The number of fused-ring (bicyclic) bond motifs is 1. The summed E-state index contributed by atoms with van der Waals surface area (Å²) in [5.41, 5.74) is 10.0. The van der Waals surface area contributed by atoms with E-state index in [4.69, 9.17) is 5.73 Å². The van der Waals surface area contributed by atoms with Crippen LogP contribution in [0.3, 0.4) is 0 Å². The zero-order chi connectivity index (χ0) is 12.5. The molecule has 0 heterocycles. The van der Waals surface area contributed by atoms with Gasteiger partial charge in [0, 0.05) is 11.4 Å². The zero-order valence-electron chi connectivity index (χ0n) is 9.94. The Morgan fingerprint density at radius 3 is 2.82 bits per heavy atom. The third-order valence-electron chi connectivity index (χ3n) is 3.16. The fourth-order valence-corrected chi connectivity index (χ4v) is 2.79. The van der Waals surface area contributed by atoms with Crippen molar-refractivity contribution in [2.45, 2.75) is 19.8 Å². The summed E-state index contributed by atoms with van der Waals surface area (Å²) >= 11 is 0. The molecule has 1 aromatic rings. The Morgan fingerprint density at radius 2 is 2.12 bits per heavy atom. The highest BCUT2D eigenvalue weighted by molar-refractivity contribution is 7.91. The van der Waals surface area contributed by atoms with Crippen molar-refractivity contribution in [3.05, 3.63) is 35.4 Å². The van der Waals surface area contributed by atoms with Crippen molar-refractivity contribution in [3.8, 4) is 0 Å². The largest absolute Gasteiger partial charge is 0.399 e. The predicted octanol–water partition coefficient (Wildman–Crippen LogP) is 2.03. The Hall–Kier alpha value is -1.29. The fourth-order valence-electron chi connectivity index (χ4n) is 2.10. The third kappa shape index (κ3) is 2.69. The first-order chi connectivity index (χ1) is 8.02. The molecule has 1 aliphatic rings. The van der Waals surface area contributed by atoms with Crippen LogP contribution in [0.15, 0.2) is 24.3 Å². The minimum atomic E-state index is -2.92. The van der Waals surface area contributed by atoms with Gasteiger partial charge in [-0.2, -0.15) is 0 Å². The Balaban J connectivity index is 2.25. The molecule has 0 fully saturated rings. The van der Waals surface area contributed by atoms with Gasteiger partial charge in [-0.15, -0.1) is 0 Å². The van der Waals surface area contributed by atoms with Crippen molar-refractivity contribution in [1.29, 1.82) is 0 Å². The second-order valence-corrected chi connectivity index (χ2v) is 6.74. The predicted molar refractivity (Wildman–Crippen MR) is 71.5 cm³/mol. The second kappa shape index (κ2) is 4.53. The fraction of sp³-hybridized carbons (Fsp3) is 0.385. The van der Waals surface area contributed by atoms with E-state index in [2.05, 4.69) is 0 Å². The average Bonchev–Trinajstić information content (AvgIpc) is 2.69. The van der Waals surface area contributed by atoms with Crippen LogP contribution in [0.1, 0.15) is 24.5 Å². The van der Waals surface area contributed by atoms with Crippen LogP contribution in [-0.2, 0) is 16.3 Å². The highest BCUT2D eigenvalue weighted by Crippen LogP contribution is 2.33. The molecule has 0 saturated carbocycles. The zero-order valence-corrected chi connectivity index (χ0v) is 10.8. The van der Waals surface area contributed by atoms with E-state index in [0.717, 1.165) is 29.7 Å². The van der Waals surface area contributed by atoms with Crippen LogP contribution in [0, 0.1) is 0 Å². The Morgan fingerprint density at radius 1 is 1.35 bits per heavy atom. The summed E-state index contributed by atoms with van der Waals surface area (Å²) in [6.45, 7) is 1.68. The summed E-state index contributed by atoms with van der Waals surface area (Å²) in [4.78, 5) is 0. The minimum absolute atomic E-state index is 0.142. The minimum Gasteiger partial charge on any atom is -0.399 e. The molecular weight excluding hydrogens is 234 g/mol. The van der Waals surface area contributed by atoms with Crippen LogP contribution in [-0.4, -0.2) is 19.9 Å². The van der Waals surface area contributed by atoms with Gasteiger partial charge in [-0.1, -0.05) is 19.1 Å². The lowest BCUT2D eigenvalue weighted by molar-refractivity contribution is 0.600. The number of nitrogens with two attached hydrogens (primary N) is 1. The highest BCUT2D eigenvalue weighted by atomic mass is 32.2. The van der Waals surface area contributed by atoms with E-state index >= 15 is 0 Å². The van der Waals surface area contributed by atoms with Crippen LogP contribution < -0.4 is 5.73 Å². The van der Waals surface area contributed by atoms with E-state index in [9.17, 15) is 8.42 Å². The molecular formula is C13H17NO2S. The maximum absolute atomic E-state index is 11.5. The monoisotopic (exact) mass is 251 g/mol. The van der Waals surface area contributed by atoms with E-state index in [1.54, 1.807) is 6.92 Å². The van der Waals surface area contributed by atoms with Crippen LogP contribution in [0.2, 0.25) is 0 Å². The van der Waals surface area contributed by atoms with Crippen molar-refractivity contribution in [2.75, 3.05) is 17.2 Å². The SMILES string of the molecule is CCS(=O)(=O)C/C=C1/CCc2cc(N)ccc21. The molecule has 0 radical (unpaired) electrons. The average molecular weight is 251 g/mol. The van der Waals surface area contributed by atoms with E-state index < -0.39 is 9.84 Å². The van der Waals surface area contributed by atoms with Crippen LogP contribution >= 0.6 is 0 Å². The summed E-state index contributed by atoms with van der Waals surface area (Å²) in [5, 5.41) is 0. The number of rotatable bonds is 3. The van der Waals surface area contributed by atoms with Gasteiger partial charge in [0.15, 0.2) is 9.84 Å². The maximum atomic E-state index is 11.5. The second-order valence-electron chi connectivity index (χ2n) is 4.34. The van der Waals surface area contributed by atoms with Crippen LogP contribution in [0.4, 0.5) is 5.69 Å². The molecule has 1 aromatic carbocycles. The summed E-state index contributed by atoms with van der Waals surface area (Å²) < 4.78 is 22.9. The smallest absolute Gasteiger partial charge is 0.153 e. The molecule has 1 aliphatic carbocycles. The molecule has 0 bridgehead atoms. The normalized spacial score (nSPS) is 17.4. The molecule has 2 N–H and O–H groups in total. The van der Waals surface area contributed by atoms with Gasteiger partial charge >= 0.3 is 0 Å². The van der Waals surface area contributed by atoms with Crippen molar-refractivity contribution in [3.63, 3.8) is 0 Å². The topological polar surface area (TPSA) is 60.2 Å². The highest BCUT2D eigenvalue weighted by Gasteiger charge is 2.16. The Labute approximate surface area is 102 Å². The number of hydrogen-bond acceptors (Lipinski definition) is 3. The van der Waals surface area contributed by atoms with Gasteiger partial charge in [0.1, 0.15) is 0 Å². The molecule has 0 amide bonds. The van der Waals surface area contributed by atoms with Gasteiger partial charge in [-0.3, -0.25) is 0 Å². The molecule has 0 atom stereocenters. The Bertz CT molecular complexity index is 559. The number of aryl methyl sites for hydroxylation is 1. The molecule has 0 saturated heterocycles. The first-order valence-corrected chi connectivity index (χ1v) is 7.62. The number of sulfone groups is 1. The standard InChI is InChI=1S/C13H17NO2S/c1-2-17(15,16)8-7-10-3-4-11-9-12(14)5-6-13(10)11/h5-7,9H,2-4,8,14H2,1H3/b10-7-. The first-order valence-electron chi connectivity index (χ1n) is 5.80. The number of allylic oxidation sites excluding steroid dienone is 1. The van der Waals surface area contributed by atoms with Crippen LogP contribution in [0.5, 0.6) is 0 Å². The lowest BCUT2D eigenvalue weighted by atomic mass is 10.1. The molecule has 3 nitrogen and oxygen atoms in total. The van der Waals surface area contributed by atoms with Crippen molar-refractivity contribution in [2.24, 2.45) is 0 Å². The summed E-state index contributed by atoms with van der Waals surface area (Å²) in [5.74, 6) is 0.341. The molecule has 0 aromatic heterocycles. The molecule has 4 heteroatoms. The molecule has 0 spiro atoms. The van der Waals surface area contributed by atoms with E-state index in [-0.39, 0.29) is 11.5 Å². The molecule has 0 unspecified atom stereocenters. The van der Waals surface area contributed by atoms with Crippen molar-refractivity contribution in [1.82, 2.24) is 0 Å². The molecule has 0 aliphatic heterocycles. The van der Waals surface area contributed by atoms with Gasteiger partial charge in [-0.25, -0.2) is 8.42 Å². The number of nitrogen functional groups attached to an aromatic ring is 1. The lowest BCUT2D eigenvalue weighted by Gasteiger charge is -2.02. The summed E-state index contributed by atoms with van der Waals surface area (Å²) in [7, 11) is -2.92. The third-order valence-corrected chi connectivity index (χ3v) is 4.72. The Kier molecular flexibility index (Phi) is 3.24. The van der Waals surface area contributed by atoms with E-state index in [0.29, 0.717) is 0 Å². The van der Waals surface area contributed by atoms with E-state index in [1.807, 2.05) is 24.3 Å². The van der Waals surface area contributed by atoms with Gasteiger partial charge < -0.3 is 5.73 Å². The van der Waals surface area contributed by atoms with Gasteiger partial charge in [-0.05, 0) is 41.7 Å². The summed E-state index contributed by atoms with van der Waals surface area (Å²) in [6, 6.07) is 5.83. The number of hydrogen-bond donors (Lipinski definition) is 1. The van der Waals surface area contributed by atoms with Crippen molar-refractivity contribution < 1.29 is 8.42 Å². The van der Waals surface area contributed by atoms with Gasteiger partial charge in [0.2, 0.25) is 0 Å². The quantitative estimate of drug-likeness (QED) is 0.836. The molecule has 92 valence electrons. The van der Waals surface area contributed by atoms with Gasteiger partial charge in [0.05, 0.1) is 5.75 Å². The first kappa shape index (κ1) is 12.2. The summed E-state index contributed by atoms with van der Waals surface area (Å²) in [6.07, 6.45) is 3.72. The van der Waals surface area contributed by atoms with Gasteiger partial charge in [0.25, 0.3) is 0 Å². The number of benzene rings is 1. The van der Waals surface area contributed by atoms with E-state index in [1.165, 1.54) is 5.56 Å². The van der Waals surface area contributed by atoms with Crippen molar-refractivity contribution >= 4 is 21.1 Å². The maximum Gasteiger partial charge on any atom is 0.153 e. The molecule has 17 heavy (non-hydrogen) atoms. The molecule has 2 rings (SSSR count).